The summed E-state index contributed by atoms with van der Waals surface area (Å²) in [5.41, 5.74) is 0. The second-order valence-electron chi connectivity index (χ2n) is 6.51. The molecule has 0 bridgehead atoms. The van der Waals surface area contributed by atoms with Crippen molar-refractivity contribution in [2.24, 2.45) is 4.99 Å². The molecular weight excluding hydrogens is 473 g/mol. The van der Waals surface area contributed by atoms with Gasteiger partial charge in [-0.1, -0.05) is 13.3 Å². The Labute approximate surface area is 182 Å². The van der Waals surface area contributed by atoms with Gasteiger partial charge in [-0.2, -0.15) is 0 Å². The smallest absolute Gasteiger partial charge is 0.191 e. The number of piperidine rings is 1. The first-order valence-corrected chi connectivity index (χ1v) is 10.3. The third-order valence-electron chi connectivity index (χ3n) is 4.75. The highest BCUT2D eigenvalue weighted by molar-refractivity contribution is 14.0. The van der Waals surface area contributed by atoms with E-state index in [9.17, 15) is 0 Å². The first-order valence-electron chi connectivity index (χ1n) is 9.45. The molecule has 1 saturated heterocycles. The van der Waals surface area contributed by atoms with Crippen LogP contribution in [0.2, 0.25) is 0 Å². The van der Waals surface area contributed by atoms with Gasteiger partial charge in [0.2, 0.25) is 0 Å². The number of guanidine groups is 1. The Morgan fingerprint density at radius 2 is 2.15 bits per heavy atom. The summed E-state index contributed by atoms with van der Waals surface area (Å²) in [6.45, 7) is 5.86. The number of furan rings is 1. The van der Waals surface area contributed by atoms with E-state index >= 15 is 0 Å². The zero-order valence-electron chi connectivity index (χ0n) is 16.1. The zero-order chi connectivity index (χ0) is 18.2. The number of hydrogen-bond donors (Lipinski definition) is 2. The van der Waals surface area contributed by atoms with Crippen molar-refractivity contribution in [2.75, 3.05) is 26.7 Å². The fraction of sp³-hybridized carbons (Fsp3) is 0.579. The SMILES string of the molecule is CCc1cnc(CNC(=NC)NCC(c2ccco2)N2CCCCC2)s1.I. The molecule has 1 fully saturated rings. The van der Waals surface area contributed by atoms with Crippen molar-refractivity contribution in [3.8, 4) is 0 Å². The van der Waals surface area contributed by atoms with Gasteiger partial charge in [-0.05, 0) is 44.5 Å². The molecule has 2 aromatic rings. The summed E-state index contributed by atoms with van der Waals surface area (Å²) in [7, 11) is 1.80. The molecule has 2 N–H and O–H groups in total. The van der Waals surface area contributed by atoms with Crippen molar-refractivity contribution in [1.82, 2.24) is 20.5 Å². The van der Waals surface area contributed by atoms with Gasteiger partial charge in [-0.3, -0.25) is 9.89 Å². The maximum atomic E-state index is 5.71. The Bertz CT molecular complexity index is 682. The van der Waals surface area contributed by atoms with E-state index in [0.29, 0.717) is 6.54 Å². The molecule has 1 atom stereocenters. The summed E-state index contributed by atoms with van der Waals surface area (Å²) >= 11 is 1.75. The van der Waals surface area contributed by atoms with Crippen LogP contribution in [0.15, 0.2) is 34.0 Å². The number of likely N-dealkylation sites (tertiary alicyclic amines) is 1. The highest BCUT2D eigenvalue weighted by Crippen LogP contribution is 2.24. The number of nitrogens with one attached hydrogen (secondary N) is 2. The number of hydrogen-bond acceptors (Lipinski definition) is 5. The summed E-state index contributed by atoms with van der Waals surface area (Å²) in [6.07, 6.45) is 8.59. The van der Waals surface area contributed by atoms with Gasteiger partial charge in [-0.15, -0.1) is 35.3 Å². The van der Waals surface area contributed by atoms with E-state index < -0.39 is 0 Å². The van der Waals surface area contributed by atoms with Gasteiger partial charge in [0.05, 0.1) is 18.8 Å². The van der Waals surface area contributed by atoms with Gasteiger partial charge in [-0.25, -0.2) is 4.98 Å². The molecule has 150 valence electrons. The van der Waals surface area contributed by atoms with E-state index in [1.165, 1.54) is 24.1 Å². The molecule has 1 unspecified atom stereocenters. The fourth-order valence-corrected chi connectivity index (χ4v) is 4.09. The summed E-state index contributed by atoms with van der Waals surface area (Å²) in [4.78, 5) is 12.6. The highest BCUT2D eigenvalue weighted by atomic mass is 127. The number of aryl methyl sites for hydroxylation is 1. The second-order valence-corrected chi connectivity index (χ2v) is 7.71. The summed E-state index contributed by atoms with van der Waals surface area (Å²) in [6, 6.07) is 4.27. The molecule has 0 spiro atoms. The molecular formula is C19H30IN5OS. The van der Waals surface area contributed by atoms with Crippen LogP contribution in [0.25, 0.3) is 0 Å². The van der Waals surface area contributed by atoms with E-state index in [1.807, 2.05) is 12.3 Å². The molecule has 0 amide bonds. The lowest BCUT2D eigenvalue weighted by Gasteiger charge is -2.33. The molecule has 2 aromatic heterocycles. The molecule has 6 nitrogen and oxygen atoms in total. The van der Waals surface area contributed by atoms with Crippen molar-refractivity contribution in [3.05, 3.63) is 40.2 Å². The quantitative estimate of drug-likeness (QED) is 0.342. The first kappa shape index (κ1) is 22.2. The number of nitrogens with zero attached hydrogens (tertiary/aromatic N) is 3. The van der Waals surface area contributed by atoms with Crippen molar-refractivity contribution in [1.29, 1.82) is 0 Å². The van der Waals surface area contributed by atoms with Crippen LogP contribution >= 0.6 is 35.3 Å². The maximum absolute atomic E-state index is 5.71. The van der Waals surface area contributed by atoms with Gasteiger partial charge in [0.15, 0.2) is 5.96 Å². The summed E-state index contributed by atoms with van der Waals surface area (Å²) in [5.74, 6) is 1.81. The third-order valence-corrected chi connectivity index (χ3v) is 5.89. The minimum absolute atomic E-state index is 0. The van der Waals surface area contributed by atoms with Crippen molar-refractivity contribution < 1.29 is 4.42 Å². The van der Waals surface area contributed by atoms with E-state index in [0.717, 1.165) is 42.8 Å². The standard InChI is InChI=1S/C19H29N5OS.HI/c1-3-15-12-21-18(26-15)14-23-19(20-2)22-13-16(17-8-7-11-25-17)24-9-5-4-6-10-24;/h7-8,11-12,16H,3-6,9-10,13-14H2,1-2H3,(H2,20,22,23);1H. The zero-order valence-corrected chi connectivity index (χ0v) is 19.3. The topological polar surface area (TPSA) is 65.7 Å². The molecule has 8 heteroatoms. The van der Waals surface area contributed by atoms with Crippen LogP contribution in [-0.4, -0.2) is 42.5 Å². The summed E-state index contributed by atoms with van der Waals surface area (Å²) in [5, 5.41) is 7.91. The number of aliphatic imine (C=N–C) groups is 1. The first-order chi connectivity index (χ1) is 12.8. The van der Waals surface area contributed by atoms with Crippen LogP contribution in [0.1, 0.15) is 47.9 Å². The molecule has 27 heavy (non-hydrogen) atoms. The Hall–Kier alpha value is -1.13. The lowest BCUT2D eigenvalue weighted by atomic mass is 10.1. The second kappa shape index (κ2) is 11.7. The molecule has 1 aliphatic rings. The van der Waals surface area contributed by atoms with Crippen molar-refractivity contribution >= 4 is 41.3 Å². The predicted octanol–water partition coefficient (Wildman–Crippen LogP) is 3.81. The largest absolute Gasteiger partial charge is 0.468 e. The van der Waals surface area contributed by atoms with Crippen molar-refractivity contribution in [2.45, 2.75) is 45.2 Å². The van der Waals surface area contributed by atoms with Gasteiger partial charge in [0.25, 0.3) is 0 Å². The van der Waals surface area contributed by atoms with Crippen LogP contribution in [0.5, 0.6) is 0 Å². The lowest BCUT2D eigenvalue weighted by Crippen LogP contribution is -2.44. The molecule has 0 radical (unpaired) electrons. The van der Waals surface area contributed by atoms with E-state index in [1.54, 1.807) is 24.6 Å². The van der Waals surface area contributed by atoms with Gasteiger partial charge < -0.3 is 15.1 Å². The molecule has 1 aliphatic heterocycles. The van der Waals surface area contributed by atoms with Crippen LogP contribution in [0.3, 0.4) is 0 Å². The van der Waals surface area contributed by atoms with Crippen LogP contribution in [0.4, 0.5) is 0 Å². The van der Waals surface area contributed by atoms with Crippen LogP contribution in [0, 0.1) is 0 Å². The molecule has 0 saturated carbocycles. The number of thiazole rings is 1. The monoisotopic (exact) mass is 503 g/mol. The third kappa shape index (κ3) is 6.46. The fourth-order valence-electron chi connectivity index (χ4n) is 3.29. The van der Waals surface area contributed by atoms with Gasteiger partial charge >= 0.3 is 0 Å². The Morgan fingerprint density at radius 3 is 2.78 bits per heavy atom. The van der Waals surface area contributed by atoms with Crippen LogP contribution in [-0.2, 0) is 13.0 Å². The number of rotatable bonds is 7. The number of halogens is 1. The van der Waals surface area contributed by atoms with Gasteiger partial charge in [0.1, 0.15) is 10.8 Å². The molecule has 0 aromatic carbocycles. The van der Waals surface area contributed by atoms with Gasteiger partial charge in [0, 0.05) is 24.7 Å². The molecule has 0 aliphatic carbocycles. The summed E-state index contributed by atoms with van der Waals surface area (Å²) < 4.78 is 5.71. The normalized spacial score (nSPS) is 16.6. The molecule has 3 rings (SSSR count). The molecule has 3 heterocycles. The Kier molecular flexibility index (Phi) is 9.57. The Balaban J connectivity index is 0.00000261. The average molecular weight is 503 g/mol. The highest BCUT2D eigenvalue weighted by Gasteiger charge is 2.24. The van der Waals surface area contributed by atoms with Crippen molar-refractivity contribution in [3.63, 3.8) is 0 Å². The minimum Gasteiger partial charge on any atom is -0.468 e. The predicted molar refractivity (Wildman–Crippen MR) is 122 cm³/mol. The lowest BCUT2D eigenvalue weighted by molar-refractivity contribution is 0.146. The van der Waals surface area contributed by atoms with E-state index in [2.05, 4.69) is 38.5 Å². The Morgan fingerprint density at radius 1 is 1.33 bits per heavy atom. The number of aromatic nitrogens is 1. The minimum atomic E-state index is 0. The van der Waals surface area contributed by atoms with E-state index in [4.69, 9.17) is 4.42 Å². The average Bonchev–Trinajstić information content (AvgIpc) is 3.37. The van der Waals surface area contributed by atoms with Crippen LogP contribution < -0.4 is 10.6 Å². The van der Waals surface area contributed by atoms with E-state index in [-0.39, 0.29) is 30.0 Å². The maximum Gasteiger partial charge on any atom is 0.191 e.